The number of nitrogens with two attached hydrogens (primary N) is 1. The second-order valence-corrected chi connectivity index (χ2v) is 8.66. The third-order valence-corrected chi connectivity index (χ3v) is 6.07. The fourth-order valence-electron chi connectivity index (χ4n) is 4.17. The number of hydrogen-bond acceptors (Lipinski definition) is 7. The lowest BCUT2D eigenvalue weighted by molar-refractivity contribution is 0.495. The van der Waals surface area contributed by atoms with Gasteiger partial charge in [-0.25, -0.2) is 14.1 Å². The molecule has 4 aromatic rings. The lowest BCUT2D eigenvalue weighted by Crippen LogP contribution is -2.40. The molecule has 5 rings (SSSR count). The molecule has 3 aromatic heterocycles. The van der Waals surface area contributed by atoms with Crippen LogP contribution < -0.4 is 16.0 Å². The molecular formula is C23H29ClFN9. The predicted octanol–water partition coefficient (Wildman–Crippen LogP) is 3.69. The van der Waals surface area contributed by atoms with Crippen molar-refractivity contribution in [1.82, 2.24) is 29.3 Å². The molecule has 4 heterocycles. The van der Waals surface area contributed by atoms with Crippen LogP contribution >= 0.6 is 12.4 Å². The van der Waals surface area contributed by atoms with Gasteiger partial charge in [0.25, 0.3) is 0 Å². The van der Waals surface area contributed by atoms with Crippen LogP contribution in [0.3, 0.4) is 0 Å². The van der Waals surface area contributed by atoms with E-state index in [1.54, 1.807) is 29.5 Å². The molecule has 0 aliphatic carbocycles. The molecule has 0 bridgehead atoms. The van der Waals surface area contributed by atoms with Gasteiger partial charge >= 0.3 is 0 Å². The van der Waals surface area contributed by atoms with Crippen LogP contribution in [0.15, 0.2) is 43.0 Å². The summed E-state index contributed by atoms with van der Waals surface area (Å²) >= 11 is 0. The van der Waals surface area contributed by atoms with Crippen molar-refractivity contribution in [2.75, 3.05) is 23.3 Å². The summed E-state index contributed by atoms with van der Waals surface area (Å²) in [5.41, 5.74) is 8.69. The minimum atomic E-state index is -0.307. The molecule has 0 saturated carbocycles. The second kappa shape index (κ2) is 9.94. The molecule has 1 fully saturated rings. The van der Waals surface area contributed by atoms with E-state index < -0.39 is 0 Å². The van der Waals surface area contributed by atoms with Crippen molar-refractivity contribution < 1.29 is 4.39 Å². The fourth-order valence-corrected chi connectivity index (χ4v) is 4.17. The molecule has 180 valence electrons. The Morgan fingerprint density at radius 3 is 2.68 bits per heavy atom. The Morgan fingerprint density at radius 1 is 1.18 bits per heavy atom. The normalized spacial score (nSPS) is 14.6. The van der Waals surface area contributed by atoms with E-state index in [4.69, 9.17) is 15.7 Å². The molecule has 3 N–H and O–H groups in total. The smallest absolute Gasteiger partial charge is 0.229 e. The summed E-state index contributed by atoms with van der Waals surface area (Å²) in [7, 11) is 0. The Hall–Kier alpha value is -3.24. The maximum Gasteiger partial charge on any atom is 0.229 e. The maximum atomic E-state index is 14.8. The van der Waals surface area contributed by atoms with Crippen LogP contribution in [0.25, 0.3) is 16.9 Å². The Morgan fingerprint density at radius 2 is 1.97 bits per heavy atom. The zero-order valence-electron chi connectivity index (χ0n) is 19.2. The summed E-state index contributed by atoms with van der Waals surface area (Å²) in [6.45, 7) is 6.02. The average molecular weight is 486 g/mol. The van der Waals surface area contributed by atoms with Crippen molar-refractivity contribution in [1.29, 1.82) is 0 Å². The van der Waals surface area contributed by atoms with Crippen molar-refractivity contribution in [2.45, 2.75) is 45.3 Å². The topological polar surface area (TPSA) is 103 Å². The molecule has 1 aliphatic heterocycles. The lowest BCUT2D eigenvalue weighted by atomic mass is 10.1. The first-order valence-corrected chi connectivity index (χ1v) is 11.3. The molecular weight excluding hydrogens is 457 g/mol. The van der Waals surface area contributed by atoms with Crippen LogP contribution in [0, 0.1) is 5.82 Å². The summed E-state index contributed by atoms with van der Waals surface area (Å²) in [6, 6.07) is 7.20. The Bertz CT molecular complexity index is 1250. The van der Waals surface area contributed by atoms with Gasteiger partial charge in [0.2, 0.25) is 5.95 Å². The SMILES string of the molecule is CC(C)n1cnc2c(NCc3c(F)cccc3-n3cccn3)nc(N3CCC(N)CC3)nc21.Cl. The zero-order valence-corrected chi connectivity index (χ0v) is 20.0. The fraction of sp³-hybridized carbons (Fsp3) is 0.391. The van der Waals surface area contributed by atoms with Gasteiger partial charge < -0.3 is 20.5 Å². The molecule has 1 aromatic carbocycles. The standard InChI is InChI=1S/C23H28FN9.ClH/c1-15(2)32-14-27-20-21(29-23(30-22(20)32)31-11-7-16(25)8-12-31)26-13-17-18(24)5-3-6-19(17)33-10-4-9-28-33;/h3-6,9-10,14-16H,7-8,11-13,25H2,1-2H3,(H,26,29,30);1H. The molecule has 0 amide bonds. The van der Waals surface area contributed by atoms with Crippen molar-refractivity contribution in [3.8, 4) is 5.69 Å². The maximum absolute atomic E-state index is 14.8. The van der Waals surface area contributed by atoms with E-state index in [0.29, 0.717) is 28.5 Å². The van der Waals surface area contributed by atoms with Gasteiger partial charge in [-0.1, -0.05) is 6.07 Å². The molecule has 0 radical (unpaired) electrons. The zero-order chi connectivity index (χ0) is 22.9. The van der Waals surface area contributed by atoms with Crippen LogP contribution in [0.2, 0.25) is 0 Å². The van der Waals surface area contributed by atoms with Crippen LogP contribution in [0.4, 0.5) is 16.2 Å². The van der Waals surface area contributed by atoms with E-state index in [0.717, 1.165) is 31.6 Å². The van der Waals surface area contributed by atoms with E-state index in [1.807, 2.05) is 16.7 Å². The number of imidazole rings is 1. The molecule has 34 heavy (non-hydrogen) atoms. The van der Waals surface area contributed by atoms with E-state index >= 15 is 0 Å². The molecule has 1 saturated heterocycles. The number of halogens is 2. The van der Waals surface area contributed by atoms with Crippen molar-refractivity contribution >= 4 is 35.3 Å². The van der Waals surface area contributed by atoms with E-state index in [-0.39, 0.29) is 36.9 Å². The van der Waals surface area contributed by atoms with E-state index in [9.17, 15) is 4.39 Å². The van der Waals surface area contributed by atoms with Crippen LogP contribution in [-0.4, -0.2) is 48.4 Å². The monoisotopic (exact) mass is 485 g/mol. The number of fused-ring (bicyclic) bond motifs is 1. The summed E-state index contributed by atoms with van der Waals surface area (Å²) in [5, 5.41) is 7.59. The Kier molecular flexibility index (Phi) is 6.99. The largest absolute Gasteiger partial charge is 0.364 e. The Balaban J connectivity index is 0.00000274. The number of nitrogens with zero attached hydrogens (tertiary/aromatic N) is 7. The Labute approximate surface area is 203 Å². The summed E-state index contributed by atoms with van der Waals surface area (Å²) in [5.74, 6) is 0.915. The summed E-state index contributed by atoms with van der Waals surface area (Å²) in [4.78, 5) is 16.4. The van der Waals surface area contributed by atoms with E-state index in [2.05, 4.69) is 34.1 Å². The minimum absolute atomic E-state index is 0. The molecule has 1 aliphatic rings. The van der Waals surface area contributed by atoms with Crippen molar-refractivity contribution in [3.05, 3.63) is 54.4 Å². The number of hydrogen-bond donors (Lipinski definition) is 2. The molecule has 9 nitrogen and oxygen atoms in total. The number of rotatable bonds is 6. The highest BCUT2D eigenvalue weighted by molar-refractivity contribution is 5.85. The highest BCUT2D eigenvalue weighted by Crippen LogP contribution is 2.27. The third kappa shape index (κ3) is 4.55. The quantitative estimate of drug-likeness (QED) is 0.429. The number of benzene rings is 1. The van der Waals surface area contributed by atoms with Gasteiger partial charge in [-0.2, -0.15) is 15.1 Å². The van der Waals surface area contributed by atoms with Gasteiger partial charge in [0, 0.05) is 49.7 Å². The van der Waals surface area contributed by atoms with Crippen LogP contribution in [-0.2, 0) is 6.54 Å². The summed E-state index contributed by atoms with van der Waals surface area (Å²) < 4.78 is 18.5. The molecule has 0 spiro atoms. The van der Waals surface area contributed by atoms with Gasteiger partial charge in [0.05, 0.1) is 12.0 Å². The third-order valence-electron chi connectivity index (χ3n) is 6.07. The number of piperidine rings is 1. The number of anilines is 2. The van der Waals surface area contributed by atoms with Gasteiger partial charge in [-0.05, 0) is 44.9 Å². The number of nitrogens with one attached hydrogen (secondary N) is 1. The van der Waals surface area contributed by atoms with Gasteiger partial charge in [-0.15, -0.1) is 12.4 Å². The first kappa shape index (κ1) is 23.9. The molecule has 11 heteroatoms. The number of aromatic nitrogens is 6. The van der Waals surface area contributed by atoms with Crippen molar-refractivity contribution in [2.24, 2.45) is 5.73 Å². The van der Waals surface area contributed by atoms with Crippen molar-refractivity contribution in [3.63, 3.8) is 0 Å². The van der Waals surface area contributed by atoms with Gasteiger partial charge in [0.1, 0.15) is 5.82 Å². The second-order valence-electron chi connectivity index (χ2n) is 8.66. The predicted molar refractivity (Wildman–Crippen MR) is 133 cm³/mol. The highest BCUT2D eigenvalue weighted by atomic mass is 35.5. The van der Waals surface area contributed by atoms with Crippen LogP contribution in [0.1, 0.15) is 38.3 Å². The van der Waals surface area contributed by atoms with Gasteiger partial charge in [0.15, 0.2) is 17.0 Å². The van der Waals surface area contributed by atoms with E-state index in [1.165, 1.54) is 6.07 Å². The lowest BCUT2D eigenvalue weighted by Gasteiger charge is -2.30. The summed E-state index contributed by atoms with van der Waals surface area (Å²) in [6.07, 6.45) is 7.05. The first-order valence-electron chi connectivity index (χ1n) is 11.3. The first-order chi connectivity index (χ1) is 16.0. The molecule has 0 unspecified atom stereocenters. The van der Waals surface area contributed by atoms with Gasteiger partial charge in [-0.3, -0.25) is 0 Å². The minimum Gasteiger partial charge on any atom is -0.364 e. The van der Waals surface area contributed by atoms with Crippen LogP contribution in [0.5, 0.6) is 0 Å². The highest BCUT2D eigenvalue weighted by Gasteiger charge is 2.22. The molecule has 0 atom stereocenters. The average Bonchev–Trinajstić information content (AvgIpc) is 3.48.